The summed E-state index contributed by atoms with van der Waals surface area (Å²) in [6.45, 7) is 2.31. The maximum absolute atomic E-state index is 4.53. The van der Waals surface area contributed by atoms with Crippen LogP contribution in [0.5, 0.6) is 0 Å². The van der Waals surface area contributed by atoms with Crippen molar-refractivity contribution < 1.29 is 0 Å². The highest BCUT2D eigenvalue weighted by atomic mass is 14.7. The first kappa shape index (κ1) is 15.8. The molecule has 0 amide bonds. The van der Waals surface area contributed by atoms with E-state index in [1.54, 1.807) is 27.8 Å². The molecule has 1 heteroatoms. The van der Waals surface area contributed by atoms with E-state index in [2.05, 4.69) is 60.4 Å². The van der Waals surface area contributed by atoms with Gasteiger partial charge in [0, 0.05) is 17.3 Å². The molecule has 0 N–H and O–H groups in total. The highest BCUT2D eigenvalue weighted by molar-refractivity contribution is 5.58. The minimum Gasteiger partial charge on any atom is -0.261 e. The largest absolute Gasteiger partial charge is 0.261 e. The number of benzene rings is 2. The van der Waals surface area contributed by atoms with Crippen LogP contribution in [-0.2, 0) is 31.1 Å². The Balaban J connectivity index is 1.58. The van der Waals surface area contributed by atoms with Crippen LogP contribution in [0.3, 0.4) is 0 Å². The van der Waals surface area contributed by atoms with Crippen molar-refractivity contribution in [1.82, 2.24) is 4.98 Å². The summed E-state index contributed by atoms with van der Waals surface area (Å²) in [5.74, 6) is 0. The molecule has 1 atom stereocenters. The standard InChI is InChI=1S/C25H25N/c1-18-6-4-7-20-13-15-25(23(18)20)16-14-21-9-5-8-19(24(21)25)11-12-22-10-2-3-17-26-22/h2-10,17H,11-16H2,1H3/t25-/m1/s1. The quantitative estimate of drug-likeness (QED) is 0.626. The third kappa shape index (κ3) is 2.34. The molecular formula is C25H25N. The number of rotatable bonds is 3. The Hall–Kier alpha value is -2.41. The molecule has 3 aromatic rings. The molecule has 2 aliphatic rings. The number of aryl methyl sites for hydroxylation is 5. The smallest absolute Gasteiger partial charge is 0.0406 e. The van der Waals surface area contributed by atoms with Crippen molar-refractivity contribution >= 4 is 0 Å². The van der Waals surface area contributed by atoms with Crippen molar-refractivity contribution in [2.45, 2.75) is 50.9 Å². The number of fused-ring (bicyclic) bond motifs is 4. The second-order valence-electron chi connectivity index (χ2n) is 7.96. The van der Waals surface area contributed by atoms with Gasteiger partial charge in [-0.2, -0.15) is 0 Å². The molecule has 2 aromatic carbocycles. The van der Waals surface area contributed by atoms with E-state index in [4.69, 9.17) is 0 Å². The molecule has 130 valence electrons. The van der Waals surface area contributed by atoms with Crippen LogP contribution >= 0.6 is 0 Å². The van der Waals surface area contributed by atoms with Crippen LogP contribution in [0.2, 0.25) is 0 Å². The van der Waals surface area contributed by atoms with Gasteiger partial charge in [0.15, 0.2) is 0 Å². The molecule has 0 unspecified atom stereocenters. The summed E-state index contributed by atoms with van der Waals surface area (Å²) in [4.78, 5) is 4.53. The zero-order valence-electron chi connectivity index (χ0n) is 15.5. The molecule has 1 spiro atoms. The van der Waals surface area contributed by atoms with Crippen molar-refractivity contribution in [2.24, 2.45) is 0 Å². The van der Waals surface area contributed by atoms with Gasteiger partial charge in [-0.3, -0.25) is 4.98 Å². The lowest BCUT2D eigenvalue weighted by atomic mass is 9.73. The fourth-order valence-corrected chi connectivity index (χ4v) is 5.56. The highest BCUT2D eigenvalue weighted by Crippen LogP contribution is 2.54. The van der Waals surface area contributed by atoms with E-state index in [0.29, 0.717) is 0 Å². The summed E-state index contributed by atoms with van der Waals surface area (Å²) in [7, 11) is 0. The Morgan fingerprint density at radius 2 is 1.58 bits per heavy atom. The normalized spacial score (nSPS) is 20.3. The number of aromatic nitrogens is 1. The van der Waals surface area contributed by atoms with E-state index >= 15 is 0 Å². The van der Waals surface area contributed by atoms with E-state index < -0.39 is 0 Å². The number of hydrogen-bond donors (Lipinski definition) is 0. The van der Waals surface area contributed by atoms with Gasteiger partial charge in [0.2, 0.25) is 0 Å². The van der Waals surface area contributed by atoms with Gasteiger partial charge in [-0.05, 0) is 91.0 Å². The van der Waals surface area contributed by atoms with Crippen molar-refractivity contribution in [2.75, 3.05) is 0 Å². The van der Waals surface area contributed by atoms with Crippen LogP contribution in [0.15, 0.2) is 60.8 Å². The first-order chi connectivity index (χ1) is 12.8. The van der Waals surface area contributed by atoms with Gasteiger partial charge in [0.1, 0.15) is 0 Å². The maximum Gasteiger partial charge on any atom is 0.0406 e. The van der Waals surface area contributed by atoms with Crippen LogP contribution < -0.4 is 0 Å². The lowest BCUT2D eigenvalue weighted by molar-refractivity contribution is 0.501. The van der Waals surface area contributed by atoms with Crippen LogP contribution in [0.25, 0.3) is 0 Å². The average Bonchev–Trinajstić information content (AvgIpc) is 3.25. The molecule has 0 bridgehead atoms. The van der Waals surface area contributed by atoms with Crippen LogP contribution in [0, 0.1) is 6.92 Å². The fraction of sp³-hybridized carbons (Fsp3) is 0.320. The summed E-state index contributed by atoms with van der Waals surface area (Å²) < 4.78 is 0. The van der Waals surface area contributed by atoms with Gasteiger partial charge < -0.3 is 0 Å². The summed E-state index contributed by atoms with van der Waals surface area (Å²) in [5, 5.41) is 0. The Kier molecular flexibility index (Phi) is 3.70. The molecule has 0 saturated carbocycles. The molecule has 0 aliphatic heterocycles. The minimum absolute atomic E-state index is 0.261. The second-order valence-corrected chi connectivity index (χ2v) is 7.96. The van der Waals surface area contributed by atoms with Gasteiger partial charge in [-0.25, -0.2) is 0 Å². The van der Waals surface area contributed by atoms with Crippen molar-refractivity contribution in [1.29, 1.82) is 0 Å². The first-order valence-electron chi connectivity index (χ1n) is 9.88. The van der Waals surface area contributed by atoms with Gasteiger partial charge in [-0.15, -0.1) is 0 Å². The molecule has 5 rings (SSSR count). The predicted octanol–water partition coefficient (Wildman–Crippen LogP) is 5.35. The monoisotopic (exact) mass is 339 g/mol. The molecule has 26 heavy (non-hydrogen) atoms. The molecule has 1 nitrogen and oxygen atoms in total. The highest BCUT2D eigenvalue weighted by Gasteiger charge is 2.46. The summed E-state index contributed by atoms with van der Waals surface area (Å²) in [6, 6.07) is 20.1. The minimum atomic E-state index is 0.261. The average molecular weight is 339 g/mol. The van der Waals surface area contributed by atoms with Gasteiger partial charge in [0.25, 0.3) is 0 Å². The Labute approximate surface area is 156 Å². The third-order valence-corrected chi connectivity index (χ3v) is 6.57. The summed E-state index contributed by atoms with van der Waals surface area (Å²) in [5.41, 5.74) is 10.9. The van der Waals surface area contributed by atoms with E-state index in [0.717, 1.165) is 12.8 Å². The van der Waals surface area contributed by atoms with Crippen LogP contribution in [0.4, 0.5) is 0 Å². The molecular weight excluding hydrogens is 314 g/mol. The van der Waals surface area contributed by atoms with Crippen LogP contribution in [0.1, 0.15) is 51.9 Å². The van der Waals surface area contributed by atoms with E-state index in [9.17, 15) is 0 Å². The number of pyridine rings is 1. The molecule has 1 aromatic heterocycles. The molecule has 1 heterocycles. The predicted molar refractivity (Wildman–Crippen MR) is 107 cm³/mol. The van der Waals surface area contributed by atoms with E-state index in [-0.39, 0.29) is 5.41 Å². The lowest BCUT2D eigenvalue weighted by Gasteiger charge is -2.30. The molecule has 0 radical (unpaired) electrons. The van der Waals surface area contributed by atoms with Crippen molar-refractivity contribution in [3.8, 4) is 0 Å². The lowest BCUT2D eigenvalue weighted by Crippen LogP contribution is -2.24. The summed E-state index contributed by atoms with van der Waals surface area (Å²) >= 11 is 0. The van der Waals surface area contributed by atoms with Gasteiger partial charge in [-0.1, -0.05) is 42.5 Å². The maximum atomic E-state index is 4.53. The first-order valence-corrected chi connectivity index (χ1v) is 9.88. The number of nitrogens with zero attached hydrogens (tertiary/aromatic N) is 1. The van der Waals surface area contributed by atoms with Gasteiger partial charge in [0.05, 0.1) is 0 Å². The second kappa shape index (κ2) is 6.09. The third-order valence-electron chi connectivity index (χ3n) is 6.57. The van der Waals surface area contributed by atoms with Crippen molar-refractivity contribution in [3.63, 3.8) is 0 Å². The van der Waals surface area contributed by atoms with Crippen LogP contribution in [-0.4, -0.2) is 4.98 Å². The number of hydrogen-bond acceptors (Lipinski definition) is 1. The molecule has 0 fully saturated rings. The molecule has 0 saturated heterocycles. The van der Waals surface area contributed by atoms with E-state index in [1.807, 2.05) is 12.3 Å². The zero-order chi connectivity index (χ0) is 17.6. The SMILES string of the molecule is Cc1cccc2c1[C@@]1(CC2)CCc2cccc(CCc3ccccn3)c21. The fourth-order valence-electron chi connectivity index (χ4n) is 5.56. The summed E-state index contributed by atoms with van der Waals surface area (Å²) in [6.07, 6.45) is 9.02. The van der Waals surface area contributed by atoms with Crippen molar-refractivity contribution in [3.05, 3.63) is 99.9 Å². The topological polar surface area (TPSA) is 12.9 Å². The Morgan fingerprint density at radius 3 is 2.35 bits per heavy atom. The molecule has 2 aliphatic carbocycles. The van der Waals surface area contributed by atoms with Gasteiger partial charge >= 0.3 is 0 Å². The Morgan fingerprint density at radius 1 is 0.808 bits per heavy atom. The zero-order valence-corrected chi connectivity index (χ0v) is 15.5. The van der Waals surface area contributed by atoms with E-state index in [1.165, 1.54) is 36.9 Å². The Bertz CT molecular complexity index is 953.